The topological polar surface area (TPSA) is 41.9 Å². The van der Waals surface area contributed by atoms with E-state index in [2.05, 4.69) is 11.9 Å². The molecule has 27 heavy (non-hydrogen) atoms. The Bertz CT molecular complexity index is 705. The van der Waals surface area contributed by atoms with Crippen molar-refractivity contribution in [2.75, 3.05) is 34.4 Å². The van der Waals surface area contributed by atoms with Crippen molar-refractivity contribution in [2.45, 2.75) is 25.9 Å². The number of hydrogen-bond acceptors (Lipinski definition) is 4. The lowest BCUT2D eigenvalue weighted by atomic mass is 9.93. The first-order chi connectivity index (χ1) is 13.0. The maximum Gasteiger partial charge on any atom is 0.166 e. The number of aliphatic hydroxyl groups excluding tert-OH is 1. The molecule has 0 bridgehead atoms. The van der Waals surface area contributed by atoms with E-state index in [-0.39, 0.29) is 11.7 Å². The van der Waals surface area contributed by atoms with Crippen LogP contribution in [-0.4, -0.2) is 44.4 Å². The number of halogens is 1. The fourth-order valence-corrected chi connectivity index (χ4v) is 3.12. The van der Waals surface area contributed by atoms with E-state index >= 15 is 0 Å². The minimum Gasteiger partial charge on any atom is -0.493 e. The van der Waals surface area contributed by atoms with E-state index in [9.17, 15) is 9.50 Å². The Labute approximate surface area is 161 Å². The van der Waals surface area contributed by atoms with Crippen LogP contribution in [0.3, 0.4) is 0 Å². The second-order valence-corrected chi connectivity index (χ2v) is 6.97. The Morgan fingerprint density at radius 2 is 1.74 bits per heavy atom. The zero-order chi connectivity index (χ0) is 19.8. The summed E-state index contributed by atoms with van der Waals surface area (Å²) in [6.07, 6.45) is 1.10. The smallest absolute Gasteiger partial charge is 0.166 e. The lowest BCUT2D eigenvalue weighted by Gasteiger charge is -2.24. The van der Waals surface area contributed by atoms with Gasteiger partial charge >= 0.3 is 0 Å². The summed E-state index contributed by atoms with van der Waals surface area (Å²) >= 11 is 0. The number of benzene rings is 2. The summed E-state index contributed by atoms with van der Waals surface area (Å²) in [6, 6.07) is 12.2. The van der Waals surface area contributed by atoms with Gasteiger partial charge in [0, 0.05) is 12.1 Å². The number of rotatable bonds is 10. The summed E-state index contributed by atoms with van der Waals surface area (Å²) < 4.78 is 23.7. The van der Waals surface area contributed by atoms with Crippen molar-refractivity contribution in [1.82, 2.24) is 4.90 Å². The van der Waals surface area contributed by atoms with Gasteiger partial charge in [0.2, 0.25) is 0 Å². The average Bonchev–Trinajstić information content (AvgIpc) is 2.70. The second kappa shape index (κ2) is 10.3. The van der Waals surface area contributed by atoms with Gasteiger partial charge < -0.3 is 19.5 Å². The van der Waals surface area contributed by atoms with Gasteiger partial charge in [-0.2, -0.15) is 0 Å². The second-order valence-electron chi connectivity index (χ2n) is 6.97. The largest absolute Gasteiger partial charge is 0.493 e. The van der Waals surface area contributed by atoms with Crippen molar-refractivity contribution < 1.29 is 19.0 Å². The molecule has 0 aliphatic heterocycles. The van der Waals surface area contributed by atoms with Crippen LogP contribution in [0.1, 0.15) is 30.6 Å². The van der Waals surface area contributed by atoms with Crippen molar-refractivity contribution in [1.29, 1.82) is 0 Å². The molecule has 0 fully saturated rings. The Kier molecular flexibility index (Phi) is 8.07. The van der Waals surface area contributed by atoms with E-state index in [1.807, 2.05) is 37.3 Å². The van der Waals surface area contributed by atoms with Crippen LogP contribution in [0.25, 0.3) is 0 Å². The molecular formula is C22H30FNO3. The number of hydrogen-bond donors (Lipinski definition) is 1. The summed E-state index contributed by atoms with van der Waals surface area (Å²) in [7, 11) is 5.24. The van der Waals surface area contributed by atoms with Gasteiger partial charge in [-0.25, -0.2) is 4.39 Å². The molecule has 0 amide bonds. The van der Waals surface area contributed by atoms with Crippen molar-refractivity contribution in [3.63, 3.8) is 0 Å². The molecule has 0 saturated heterocycles. The minimum atomic E-state index is -0.624. The highest BCUT2D eigenvalue weighted by molar-refractivity contribution is 5.47. The van der Waals surface area contributed by atoms with Gasteiger partial charge in [0.15, 0.2) is 11.5 Å². The Hall–Kier alpha value is -2.11. The predicted molar refractivity (Wildman–Crippen MR) is 106 cm³/mol. The monoisotopic (exact) mass is 375 g/mol. The molecule has 0 heterocycles. The van der Waals surface area contributed by atoms with Crippen LogP contribution in [0.15, 0.2) is 42.5 Å². The van der Waals surface area contributed by atoms with Crippen LogP contribution in [0.2, 0.25) is 0 Å². The van der Waals surface area contributed by atoms with Crippen molar-refractivity contribution in [3.8, 4) is 11.5 Å². The summed E-state index contributed by atoms with van der Waals surface area (Å²) in [6.45, 7) is 3.79. The molecule has 1 unspecified atom stereocenters. The van der Waals surface area contributed by atoms with Crippen molar-refractivity contribution >= 4 is 0 Å². The van der Waals surface area contributed by atoms with Crippen LogP contribution in [-0.2, 0) is 6.42 Å². The number of methoxy groups -OCH3 is 2. The zero-order valence-electron chi connectivity index (χ0n) is 16.6. The molecule has 2 rings (SSSR count). The highest BCUT2D eigenvalue weighted by Gasteiger charge is 2.22. The van der Waals surface area contributed by atoms with Crippen LogP contribution in [0.4, 0.5) is 4.39 Å². The van der Waals surface area contributed by atoms with Gasteiger partial charge in [-0.05, 0) is 56.1 Å². The maximum absolute atomic E-state index is 13.0. The first-order valence-corrected chi connectivity index (χ1v) is 9.28. The molecule has 1 N–H and O–H groups in total. The Morgan fingerprint density at radius 3 is 2.37 bits per heavy atom. The normalized spacial score (nSPS) is 13.4. The first kappa shape index (κ1) is 21.2. The summed E-state index contributed by atoms with van der Waals surface area (Å²) in [5.74, 6) is 1.07. The van der Waals surface area contributed by atoms with E-state index in [1.165, 1.54) is 12.1 Å². The fraction of sp³-hybridized carbons (Fsp3) is 0.455. The maximum atomic E-state index is 13.0. The SMILES string of the molecule is COc1cccc([C@H](O)C(C)CCN(C)CCc2ccc(F)cc2)c1OC. The van der Waals surface area contributed by atoms with E-state index in [0.29, 0.717) is 11.5 Å². The van der Waals surface area contributed by atoms with Gasteiger partial charge in [-0.1, -0.05) is 31.2 Å². The van der Waals surface area contributed by atoms with Crippen molar-refractivity contribution in [3.05, 3.63) is 59.4 Å². The lowest BCUT2D eigenvalue weighted by Crippen LogP contribution is -2.25. The quantitative estimate of drug-likeness (QED) is 0.680. The molecule has 2 aromatic rings. The highest BCUT2D eigenvalue weighted by Crippen LogP contribution is 2.37. The Balaban J connectivity index is 1.87. The molecular weight excluding hydrogens is 345 g/mol. The zero-order valence-corrected chi connectivity index (χ0v) is 16.6. The van der Waals surface area contributed by atoms with Crippen LogP contribution < -0.4 is 9.47 Å². The van der Waals surface area contributed by atoms with Crippen molar-refractivity contribution in [2.24, 2.45) is 5.92 Å². The molecule has 2 aromatic carbocycles. The third-order valence-corrected chi connectivity index (χ3v) is 4.95. The highest BCUT2D eigenvalue weighted by atomic mass is 19.1. The van der Waals surface area contributed by atoms with Gasteiger partial charge in [0.1, 0.15) is 5.82 Å². The van der Waals surface area contributed by atoms with E-state index in [4.69, 9.17) is 9.47 Å². The number of nitrogens with zero attached hydrogens (tertiary/aromatic N) is 1. The van der Waals surface area contributed by atoms with Gasteiger partial charge in [-0.3, -0.25) is 0 Å². The summed E-state index contributed by atoms with van der Waals surface area (Å²) in [5.41, 5.74) is 1.87. The van der Waals surface area contributed by atoms with Crippen LogP contribution >= 0.6 is 0 Å². The van der Waals surface area contributed by atoms with Crippen LogP contribution in [0, 0.1) is 11.7 Å². The molecule has 0 radical (unpaired) electrons. The Morgan fingerprint density at radius 1 is 1.04 bits per heavy atom. The number of para-hydroxylation sites is 1. The molecule has 0 saturated carbocycles. The number of likely N-dealkylation sites (N-methyl/N-ethyl adjacent to an activating group) is 1. The third-order valence-electron chi connectivity index (χ3n) is 4.95. The molecule has 5 heteroatoms. The number of ether oxygens (including phenoxy) is 2. The fourth-order valence-electron chi connectivity index (χ4n) is 3.12. The van der Waals surface area contributed by atoms with Gasteiger partial charge in [-0.15, -0.1) is 0 Å². The lowest BCUT2D eigenvalue weighted by molar-refractivity contribution is 0.103. The molecule has 0 aromatic heterocycles. The minimum absolute atomic E-state index is 0.0688. The average molecular weight is 375 g/mol. The van der Waals surface area contributed by atoms with E-state index in [1.54, 1.807) is 14.2 Å². The predicted octanol–water partition coefficient (Wildman–Crippen LogP) is 4.08. The molecule has 148 valence electrons. The summed E-state index contributed by atoms with van der Waals surface area (Å²) in [5, 5.41) is 10.8. The van der Waals surface area contributed by atoms with E-state index < -0.39 is 6.10 Å². The van der Waals surface area contributed by atoms with Crippen LogP contribution in [0.5, 0.6) is 11.5 Å². The van der Waals surface area contributed by atoms with Gasteiger partial charge in [0.05, 0.1) is 20.3 Å². The standard InChI is InChI=1S/C22H30FNO3/c1-16(21(25)19-6-5-7-20(26-3)22(19)27-4)12-14-24(2)15-13-17-8-10-18(23)11-9-17/h5-11,16,21,25H,12-15H2,1-4H3/t16?,21-/m1/s1. The molecule has 2 atom stereocenters. The summed E-state index contributed by atoms with van der Waals surface area (Å²) in [4.78, 5) is 2.23. The molecule has 0 aliphatic carbocycles. The molecule has 0 aliphatic rings. The first-order valence-electron chi connectivity index (χ1n) is 9.28. The molecule has 0 spiro atoms. The van der Waals surface area contributed by atoms with E-state index in [0.717, 1.165) is 37.1 Å². The third kappa shape index (κ3) is 5.94. The number of aliphatic hydroxyl groups is 1. The van der Waals surface area contributed by atoms with Gasteiger partial charge in [0.25, 0.3) is 0 Å². The molecule has 4 nitrogen and oxygen atoms in total.